The fourth-order valence-corrected chi connectivity index (χ4v) is 4.23. The van der Waals surface area contributed by atoms with E-state index in [9.17, 15) is 5.11 Å². The molecule has 0 bridgehead atoms. The third-order valence-electron chi connectivity index (χ3n) is 5.67. The average Bonchev–Trinajstić information content (AvgIpc) is 3.06. The number of likely N-dealkylation sites (tertiary alicyclic amines) is 1. The molecule has 0 saturated carbocycles. The Balaban J connectivity index is 1.31. The molecule has 2 N–H and O–H groups in total. The highest BCUT2D eigenvalue weighted by atomic mass is 16.6. The van der Waals surface area contributed by atoms with Crippen molar-refractivity contribution in [2.45, 2.75) is 57.1 Å². The van der Waals surface area contributed by atoms with Gasteiger partial charge >= 0.3 is 6.01 Å². The summed E-state index contributed by atoms with van der Waals surface area (Å²) < 4.78 is 11.0. The van der Waals surface area contributed by atoms with E-state index >= 15 is 0 Å². The summed E-state index contributed by atoms with van der Waals surface area (Å²) in [5.41, 5.74) is -0.159. The number of piperidine rings is 1. The number of aliphatic hydroxyl groups excluding tert-OH is 1. The highest BCUT2D eigenvalue weighted by molar-refractivity contribution is 5.25. The zero-order chi connectivity index (χ0) is 16.6. The Morgan fingerprint density at radius 2 is 2.04 bits per heavy atom. The van der Waals surface area contributed by atoms with E-state index in [0.717, 1.165) is 58.4 Å². The smallest absolute Gasteiger partial charge is 0.324 e. The van der Waals surface area contributed by atoms with Crippen LogP contribution in [0.2, 0.25) is 0 Å². The zero-order valence-electron chi connectivity index (χ0n) is 14.3. The van der Waals surface area contributed by atoms with Crippen molar-refractivity contribution in [3.63, 3.8) is 0 Å². The molecule has 4 heterocycles. The summed E-state index contributed by atoms with van der Waals surface area (Å²) in [4.78, 5) is 9.17. The molecule has 2 unspecified atom stereocenters. The van der Waals surface area contributed by atoms with Crippen LogP contribution in [-0.4, -0.2) is 70.9 Å². The Morgan fingerprint density at radius 1 is 1.21 bits per heavy atom. The second-order valence-electron chi connectivity index (χ2n) is 7.27. The van der Waals surface area contributed by atoms with Crippen molar-refractivity contribution in [1.82, 2.24) is 20.4 Å². The third-order valence-corrected chi connectivity index (χ3v) is 5.67. The predicted molar refractivity (Wildman–Crippen MR) is 87.5 cm³/mol. The van der Waals surface area contributed by atoms with Crippen LogP contribution in [0, 0.1) is 6.92 Å². The largest absolute Gasteiger partial charge is 0.356 e. The van der Waals surface area contributed by atoms with Crippen LogP contribution in [0.5, 0.6) is 0 Å². The Kier molecular flexibility index (Phi) is 4.46. The van der Waals surface area contributed by atoms with Crippen molar-refractivity contribution in [2.24, 2.45) is 0 Å². The lowest BCUT2D eigenvalue weighted by Gasteiger charge is -2.41. The Bertz CT molecular complexity index is 558. The maximum absolute atomic E-state index is 9.57. The number of aromatic nitrogens is 2. The highest BCUT2D eigenvalue weighted by Gasteiger charge is 2.43. The van der Waals surface area contributed by atoms with Gasteiger partial charge in [0.05, 0.1) is 5.60 Å². The van der Waals surface area contributed by atoms with Gasteiger partial charge in [-0.15, -0.1) is 0 Å². The van der Waals surface area contributed by atoms with E-state index < -0.39 is 6.41 Å². The van der Waals surface area contributed by atoms with Gasteiger partial charge in [-0.05, 0) is 39.0 Å². The molecule has 0 aliphatic carbocycles. The van der Waals surface area contributed by atoms with Crippen molar-refractivity contribution >= 4 is 6.01 Å². The number of nitrogens with zero attached hydrogens (tertiary/aromatic N) is 4. The van der Waals surface area contributed by atoms with E-state index in [1.165, 1.54) is 6.42 Å². The van der Waals surface area contributed by atoms with Crippen LogP contribution < -0.4 is 10.2 Å². The monoisotopic (exact) mass is 337 g/mol. The van der Waals surface area contributed by atoms with E-state index in [4.69, 9.17) is 9.26 Å². The molecule has 3 saturated heterocycles. The van der Waals surface area contributed by atoms with Gasteiger partial charge in [-0.3, -0.25) is 5.32 Å². The van der Waals surface area contributed by atoms with E-state index in [2.05, 4.69) is 25.3 Å². The van der Waals surface area contributed by atoms with E-state index in [1.807, 2.05) is 6.92 Å². The summed E-state index contributed by atoms with van der Waals surface area (Å²) in [6.07, 6.45) is 4.65. The first kappa shape index (κ1) is 16.3. The molecule has 1 spiro atoms. The summed E-state index contributed by atoms with van der Waals surface area (Å²) in [6, 6.07) is 1.26. The van der Waals surface area contributed by atoms with Crippen LogP contribution in [0.1, 0.15) is 37.9 Å². The number of anilines is 1. The number of nitrogens with one attached hydrogen (secondary N) is 1. The Labute approximate surface area is 142 Å². The Hall–Kier alpha value is -1.22. The summed E-state index contributed by atoms with van der Waals surface area (Å²) in [5.74, 6) is 0.694. The van der Waals surface area contributed by atoms with Crippen LogP contribution >= 0.6 is 0 Å². The third kappa shape index (κ3) is 3.28. The standard InChI is InChI=1S/C16H27N5O3/c1-12-18-14(24-19-12)21-7-2-3-13(4-8-21)20-9-5-16(6-10-20)11-17-15(22)23-16/h13,15,17,22H,2-11H2,1H3. The molecule has 1 aromatic heterocycles. The maximum atomic E-state index is 9.57. The lowest BCUT2D eigenvalue weighted by Crippen LogP contribution is -2.50. The fraction of sp³-hybridized carbons (Fsp3) is 0.875. The normalized spacial score (nSPS) is 31.5. The lowest BCUT2D eigenvalue weighted by atomic mass is 9.90. The molecule has 0 amide bonds. The summed E-state index contributed by atoms with van der Waals surface area (Å²) in [6.45, 7) is 6.64. The Morgan fingerprint density at radius 3 is 2.71 bits per heavy atom. The predicted octanol–water partition coefficient (Wildman–Crippen LogP) is 0.467. The van der Waals surface area contributed by atoms with Gasteiger partial charge in [-0.2, -0.15) is 4.98 Å². The van der Waals surface area contributed by atoms with Crippen molar-refractivity contribution in [3.8, 4) is 0 Å². The second kappa shape index (κ2) is 6.59. The molecule has 0 radical (unpaired) electrons. The van der Waals surface area contributed by atoms with Gasteiger partial charge in [0.1, 0.15) is 0 Å². The molecule has 2 atom stereocenters. The first-order chi connectivity index (χ1) is 11.6. The molecule has 0 aromatic carbocycles. The molecule has 8 nitrogen and oxygen atoms in total. The van der Waals surface area contributed by atoms with Crippen LogP contribution in [0.25, 0.3) is 0 Å². The van der Waals surface area contributed by atoms with Crippen molar-refractivity contribution < 1.29 is 14.4 Å². The molecular weight excluding hydrogens is 310 g/mol. The molecule has 3 aliphatic heterocycles. The molecule has 3 fully saturated rings. The minimum atomic E-state index is -0.791. The molecule has 1 aromatic rings. The van der Waals surface area contributed by atoms with Gasteiger partial charge in [0, 0.05) is 38.8 Å². The number of hydrogen-bond acceptors (Lipinski definition) is 8. The van der Waals surface area contributed by atoms with Crippen molar-refractivity contribution in [3.05, 3.63) is 5.82 Å². The van der Waals surface area contributed by atoms with E-state index in [0.29, 0.717) is 17.9 Å². The summed E-state index contributed by atoms with van der Waals surface area (Å²) in [7, 11) is 0. The molecule has 4 rings (SSSR count). The highest BCUT2D eigenvalue weighted by Crippen LogP contribution is 2.32. The van der Waals surface area contributed by atoms with E-state index in [-0.39, 0.29) is 5.60 Å². The van der Waals surface area contributed by atoms with Crippen LogP contribution in [0.3, 0.4) is 0 Å². The molecule has 3 aliphatic rings. The van der Waals surface area contributed by atoms with E-state index in [1.54, 1.807) is 0 Å². The van der Waals surface area contributed by atoms with Crippen LogP contribution in [0.4, 0.5) is 6.01 Å². The number of aryl methyl sites for hydroxylation is 1. The summed E-state index contributed by atoms with van der Waals surface area (Å²) >= 11 is 0. The van der Waals surface area contributed by atoms with Gasteiger partial charge in [0.25, 0.3) is 0 Å². The SMILES string of the molecule is Cc1noc(N2CCCC(N3CCC4(CC3)CNC(O)O4)CC2)n1. The van der Waals surface area contributed by atoms with Crippen LogP contribution in [0.15, 0.2) is 4.52 Å². The molecular formula is C16H27N5O3. The number of ether oxygens (including phenoxy) is 1. The van der Waals surface area contributed by atoms with Gasteiger partial charge in [0.15, 0.2) is 5.82 Å². The molecule has 134 valence electrons. The van der Waals surface area contributed by atoms with Crippen molar-refractivity contribution in [1.29, 1.82) is 0 Å². The van der Waals surface area contributed by atoms with Crippen LogP contribution in [-0.2, 0) is 4.74 Å². The fourth-order valence-electron chi connectivity index (χ4n) is 4.23. The van der Waals surface area contributed by atoms with Gasteiger partial charge in [0.2, 0.25) is 6.41 Å². The molecule has 24 heavy (non-hydrogen) atoms. The van der Waals surface area contributed by atoms with Gasteiger partial charge < -0.3 is 24.2 Å². The van der Waals surface area contributed by atoms with Crippen molar-refractivity contribution in [2.75, 3.05) is 37.6 Å². The quantitative estimate of drug-likeness (QED) is 0.805. The number of aliphatic hydroxyl groups is 1. The minimum Gasteiger partial charge on any atom is -0.356 e. The maximum Gasteiger partial charge on any atom is 0.324 e. The minimum absolute atomic E-state index is 0.159. The number of hydrogen-bond donors (Lipinski definition) is 2. The summed E-state index contributed by atoms with van der Waals surface area (Å²) in [5, 5.41) is 16.5. The van der Waals surface area contributed by atoms with Gasteiger partial charge in [-0.25, -0.2) is 0 Å². The zero-order valence-corrected chi connectivity index (χ0v) is 14.3. The number of rotatable bonds is 2. The average molecular weight is 337 g/mol. The second-order valence-corrected chi connectivity index (χ2v) is 7.27. The lowest BCUT2D eigenvalue weighted by molar-refractivity contribution is -0.158. The first-order valence-corrected chi connectivity index (χ1v) is 9.02. The van der Waals surface area contributed by atoms with Gasteiger partial charge in [-0.1, -0.05) is 5.16 Å². The first-order valence-electron chi connectivity index (χ1n) is 9.02. The topological polar surface area (TPSA) is 86.9 Å². The molecule has 8 heteroatoms.